The second-order valence-electron chi connectivity index (χ2n) is 8.63. The van der Waals surface area contributed by atoms with Crippen molar-refractivity contribution in [2.24, 2.45) is 5.92 Å². The molecule has 0 unspecified atom stereocenters. The van der Waals surface area contributed by atoms with Crippen LogP contribution in [0.3, 0.4) is 0 Å². The molecule has 1 atom stereocenters. The lowest BCUT2D eigenvalue weighted by Crippen LogP contribution is -2.45. The van der Waals surface area contributed by atoms with Crippen molar-refractivity contribution < 1.29 is 14.3 Å². The molecule has 3 aromatic rings. The summed E-state index contributed by atoms with van der Waals surface area (Å²) in [5.41, 5.74) is 1.84. The molecular weight excluding hydrogens is 448 g/mol. The van der Waals surface area contributed by atoms with Crippen LogP contribution in [-0.2, 0) is 16.0 Å². The molecule has 7 nitrogen and oxygen atoms in total. The lowest BCUT2D eigenvalue weighted by molar-refractivity contribution is -0.126. The summed E-state index contributed by atoms with van der Waals surface area (Å²) in [6.07, 6.45) is 6.65. The molecule has 8 heteroatoms. The van der Waals surface area contributed by atoms with Crippen LogP contribution in [0.15, 0.2) is 54.6 Å². The highest BCUT2D eigenvalue weighted by atomic mass is 32.1. The molecule has 1 heterocycles. The van der Waals surface area contributed by atoms with E-state index in [0.29, 0.717) is 28.9 Å². The van der Waals surface area contributed by atoms with Gasteiger partial charge in [0.1, 0.15) is 16.8 Å². The monoisotopic (exact) mass is 478 g/mol. The molecule has 1 aliphatic rings. The van der Waals surface area contributed by atoms with E-state index in [1.165, 1.54) is 37.0 Å². The summed E-state index contributed by atoms with van der Waals surface area (Å²) < 4.78 is 5.27. The number of carbonyl (C=O) groups is 2. The molecule has 2 amide bonds. The van der Waals surface area contributed by atoms with Gasteiger partial charge in [0.25, 0.3) is 0 Å². The third-order valence-corrected chi connectivity index (χ3v) is 7.05. The Balaban J connectivity index is 1.42. The van der Waals surface area contributed by atoms with Crippen LogP contribution in [0.4, 0.5) is 5.13 Å². The fourth-order valence-electron chi connectivity index (χ4n) is 4.30. The van der Waals surface area contributed by atoms with Crippen molar-refractivity contribution >= 4 is 28.3 Å². The Morgan fingerprint density at radius 2 is 1.88 bits per heavy atom. The summed E-state index contributed by atoms with van der Waals surface area (Å²) >= 11 is 1.28. The van der Waals surface area contributed by atoms with E-state index in [1.807, 2.05) is 54.6 Å². The highest BCUT2D eigenvalue weighted by Crippen LogP contribution is 2.29. The van der Waals surface area contributed by atoms with E-state index in [1.54, 1.807) is 7.11 Å². The van der Waals surface area contributed by atoms with Crippen molar-refractivity contribution in [3.05, 3.63) is 60.2 Å². The number of nitrogens with one attached hydrogen (secondary N) is 2. The smallest absolute Gasteiger partial charge is 0.249 e. The van der Waals surface area contributed by atoms with Gasteiger partial charge in [-0.1, -0.05) is 79.5 Å². The summed E-state index contributed by atoms with van der Waals surface area (Å²) in [6.45, 7) is 0. The second-order valence-corrected chi connectivity index (χ2v) is 9.61. The quantitative estimate of drug-likeness (QED) is 0.434. The summed E-state index contributed by atoms with van der Waals surface area (Å²) in [5.74, 6) is 0.967. The molecule has 0 spiro atoms. The summed E-state index contributed by atoms with van der Waals surface area (Å²) in [5, 5.41) is 15.2. The Hall–Kier alpha value is -3.26. The molecule has 1 aromatic heterocycles. The van der Waals surface area contributed by atoms with Gasteiger partial charge in [0.05, 0.1) is 7.11 Å². The van der Waals surface area contributed by atoms with E-state index in [9.17, 15) is 9.59 Å². The molecule has 0 saturated heterocycles. The first kappa shape index (κ1) is 23.9. The minimum absolute atomic E-state index is 0.0858. The third kappa shape index (κ3) is 6.63. The van der Waals surface area contributed by atoms with Crippen LogP contribution in [-0.4, -0.2) is 35.2 Å². The lowest BCUT2D eigenvalue weighted by Gasteiger charge is -2.18. The maximum absolute atomic E-state index is 13.2. The number of nitrogens with zero attached hydrogens (tertiary/aromatic N) is 2. The minimum Gasteiger partial charge on any atom is -0.497 e. The van der Waals surface area contributed by atoms with Crippen LogP contribution in [0, 0.1) is 5.92 Å². The number of anilines is 1. The highest BCUT2D eigenvalue weighted by Gasteiger charge is 2.24. The lowest BCUT2D eigenvalue weighted by atomic mass is 10.0. The Morgan fingerprint density at radius 1 is 1.09 bits per heavy atom. The SMILES string of the molecule is COc1cccc(-c2nnc(NC(=O)[C@H](Cc3ccccc3)NC(=O)CCC3CCCC3)s2)c1. The Morgan fingerprint density at radius 3 is 2.65 bits per heavy atom. The van der Waals surface area contributed by atoms with E-state index in [4.69, 9.17) is 4.74 Å². The molecule has 0 radical (unpaired) electrons. The predicted molar refractivity (Wildman–Crippen MR) is 134 cm³/mol. The van der Waals surface area contributed by atoms with Crippen molar-refractivity contribution in [3.8, 4) is 16.3 Å². The first-order valence-corrected chi connectivity index (χ1v) is 12.5. The fourth-order valence-corrected chi connectivity index (χ4v) is 5.04. The van der Waals surface area contributed by atoms with Crippen molar-refractivity contribution in [2.75, 3.05) is 12.4 Å². The van der Waals surface area contributed by atoms with E-state index in [0.717, 1.165) is 23.3 Å². The Labute approximate surface area is 204 Å². The van der Waals surface area contributed by atoms with Gasteiger partial charge in [-0.25, -0.2) is 0 Å². The molecule has 0 aliphatic heterocycles. The zero-order valence-corrected chi connectivity index (χ0v) is 20.1. The van der Waals surface area contributed by atoms with Gasteiger partial charge in [-0.05, 0) is 30.0 Å². The number of aromatic nitrogens is 2. The molecule has 2 N–H and O–H groups in total. The topological polar surface area (TPSA) is 93.2 Å². The predicted octanol–water partition coefficient (Wildman–Crippen LogP) is 4.85. The molecule has 1 aliphatic carbocycles. The maximum Gasteiger partial charge on any atom is 0.249 e. The normalized spacial score (nSPS) is 14.5. The fraction of sp³-hybridized carbons (Fsp3) is 0.385. The summed E-state index contributed by atoms with van der Waals surface area (Å²) in [4.78, 5) is 25.8. The Bertz CT molecular complexity index is 1100. The highest BCUT2D eigenvalue weighted by molar-refractivity contribution is 7.18. The largest absolute Gasteiger partial charge is 0.497 e. The Kier molecular flexibility index (Phi) is 8.25. The van der Waals surface area contributed by atoms with E-state index >= 15 is 0 Å². The molecule has 4 rings (SSSR count). The average Bonchev–Trinajstić information content (AvgIpc) is 3.55. The zero-order chi connectivity index (χ0) is 23.8. The average molecular weight is 479 g/mol. The molecule has 34 heavy (non-hydrogen) atoms. The molecular formula is C26H30N4O3S. The van der Waals surface area contributed by atoms with Crippen LogP contribution in [0.25, 0.3) is 10.6 Å². The standard InChI is InChI=1S/C26H30N4O3S/c1-33-21-13-7-12-20(17-21)25-29-30-26(34-25)28-24(32)22(16-19-10-3-2-4-11-19)27-23(31)15-14-18-8-5-6-9-18/h2-4,7,10-13,17-18,22H,5-6,8-9,14-16H2,1H3,(H,27,31)(H,28,30,32)/t22-/m0/s1. The number of rotatable bonds is 10. The van der Waals surface area contributed by atoms with Gasteiger partial charge in [0, 0.05) is 18.4 Å². The van der Waals surface area contributed by atoms with Crippen molar-refractivity contribution in [1.82, 2.24) is 15.5 Å². The van der Waals surface area contributed by atoms with E-state index < -0.39 is 6.04 Å². The van der Waals surface area contributed by atoms with Crippen LogP contribution in [0.5, 0.6) is 5.75 Å². The molecule has 1 saturated carbocycles. The van der Waals surface area contributed by atoms with E-state index in [2.05, 4.69) is 20.8 Å². The van der Waals surface area contributed by atoms with Gasteiger partial charge in [0.15, 0.2) is 0 Å². The molecule has 2 aromatic carbocycles. The molecule has 1 fully saturated rings. The number of ether oxygens (including phenoxy) is 1. The van der Waals surface area contributed by atoms with Gasteiger partial charge in [-0.15, -0.1) is 10.2 Å². The van der Waals surface area contributed by atoms with Gasteiger partial charge in [-0.2, -0.15) is 0 Å². The van der Waals surface area contributed by atoms with E-state index in [-0.39, 0.29) is 11.8 Å². The first-order valence-electron chi connectivity index (χ1n) is 11.7. The third-order valence-electron chi connectivity index (χ3n) is 6.16. The molecule has 0 bridgehead atoms. The molecule has 178 valence electrons. The van der Waals surface area contributed by atoms with Crippen molar-refractivity contribution in [1.29, 1.82) is 0 Å². The minimum atomic E-state index is -0.692. The zero-order valence-electron chi connectivity index (χ0n) is 19.3. The van der Waals surface area contributed by atoms with Gasteiger partial charge >= 0.3 is 0 Å². The van der Waals surface area contributed by atoms with Crippen LogP contribution in [0.1, 0.15) is 44.1 Å². The number of benzene rings is 2. The van der Waals surface area contributed by atoms with Gasteiger partial charge in [-0.3, -0.25) is 14.9 Å². The van der Waals surface area contributed by atoms with Crippen molar-refractivity contribution in [3.63, 3.8) is 0 Å². The van der Waals surface area contributed by atoms with Crippen LogP contribution < -0.4 is 15.4 Å². The second kappa shape index (κ2) is 11.7. The number of hydrogen-bond acceptors (Lipinski definition) is 6. The van der Waals surface area contributed by atoms with Crippen LogP contribution in [0.2, 0.25) is 0 Å². The number of amides is 2. The van der Waals surface area contributed by atoms with Crippen molar-refractivity contribution in [2.45, 2.75) is 51.0 Å². The number of methoxy groups -OCH3 is 1. The summed E-state index contributed by atoms with van der Waals surface area (Å²) in [7, 11) is 1.61. The van der Waals surface area contributed by atoms with Crippen LogP contribution >= 0.6 is 11.3 Å². The first-order chi connectivity index (χ1) is 16.6. The number of hydrogen-bond donors (Lipinski definition) is 2. The van der Waals surface area contributed by atoms with Gasteiger partial charge in [0.2, 0.25) is 16.9 Å². The summed E-state index contributed by atoms with van der Waals surface area (Å²) in [6, 6.07) is 16.5. The maximum atomic E-state index is 13.2. The van der Waals surface area contributed by atoms with Gasteiger partial charge < -0.3 is 10.1 Å². The number of carbonyl (C=O) groups excluding carboxylic acids is 2.